The molecule has 1 N–H and O–H groups in total. The summed E-state index contributed by atoms with van der Waals surface area (Å²) in [5.41, 5.74) is 3.84. The molecule has 1 aliphatic heterocycles. The normalized spacial score (nSPS) is 15.1. The van der Waals surface area contributed by atoms with Crippen molar-refractivity contribution in [3.8, 4) is 11.4 Å². The minimum absolute atomic E-state index is 0.0583. The number of thioether (sulfide) groups is 1. The number of anilines is 1. The van der Waals surface area contributed by atoms with Gasteiger partial charge in [-0.3, -0.25) is 9.59 Å². The molecule has 47 heavy (non-hydrogen) atoms. The van der Waals surface area contributed by atoms with Crippen molar-refractivity contribution in [1.29, 1.82) is 0 Å². The average molecular weight is 654 g/mol. The monoisotopic (exact) mass is 653 g/mol. The predicted molar refractivity (Wildman–Crippen MR) is 186 cm³/mol. The summed E-state index contributed by atoms with van der Waals surface area (Å²) in [6.07, 6.45) is 2.70. The van der Waals surface area contributed by atoms with Gasteiger partial charge in [0.15, 0.2) is 11.1 Å². The first-order valence-electron chi connectivity index (χ1n) is 16.1. The molecule has 0 saturated heterocycles. The van der Waals surface area contributed by atoms with E-state index in [1.807, 2.05) is 48.5 Å². The van der Waals surface area contributed by atoms with E-state index in [4.69, 9.17) is 4.74 Å². The number of aromatic nitrogens is 4. The third kappa shape index (κ3) is 7.73. The first-order chi connectivity index (χ1) is 22.5. The number of tetrazole rings is 1. The van der Waals surface area contributed by atoms with Crippen molar-refractivity contribution in [3.63, 3.8) is 0 Å². The molecule has 0 fully saturated rings. The maximum atomic E-state index is 13.7. The standard InChI is InChI=1S/C36H43N7O3S/c1-7-35(3,4)25-21-22-29(28(24-25)36(5,6)8-2)46-23-15-20-30(44)37-32-31(33(45)42(39-32)26-16-11-9-12-17-26)47-34-38-40-41-43(34)27-18-13-10-14-19-27/h9-14,16-19,21-22,24,31H,7-8,15,20,23H2,1-6H3,(H,37,39,44). The van der Waals surface area contributed by atoms with Crippen LogP contribution in [0.5, 0.6) is 5.75 Å². The Morgan fingerprint density at radius 3 is 2.23 bits per heavy atom. The van der Waals surface area contributed by atoms with Gasteiger partial charge in [-0.05, 0) is 76.4 Å². The highest BCUT2D eigenvalue weighted by atomic mass is 32.2. The molecular formula is C36H43N7O3S. The molecular weight excluding hydrogens is 611 g/mol. The van der Waals surface area contributed by atoms with E-state index in [2.05, 4.69) is 85.7 Å². The fraction of sp³-hybridized carbons (Fsp3) is 0.389. The number of amides is 2. The van der Waals surface area contributed by atoms with E-state index in [0.717, 1.165) is 36.0 Å². The number of hydrogen-bond donors (Lipinski definition) is 1. The quantitative estimate of drug-likeness (QED) is 0.157. The molecule has 2 heterocycles. The van der Waals surface area contributed by atoms with Crippen LogP contribution >= 0.6 is 11.8 Å². The third-order valence-electron chi connectivity index (χ3n) is 8.89. The number of carbonyl (C=O) groups excluding carboxylic acids is 2. The molecule has 1 aromatic heterocycles. The van der Waals surface area contributed by atoms with Gasteiger partial charge in [0.1, 0.15) is 5.75 Å². The Kier molecular flexibility index (Phi) is 10.4. The van der Waals surface area contributed by atoms with Crippen LogP contribution in [0.2, 0.25) is 0 Å². The summed E-state index contributed by atoms with van der Waals surface area (Å²) in [4.78, 5) is 26.9. The van der Waals surface area contributed by atoms with Crippen LogP contribution < -0.4 is 15.1 Å². The van der Waals surface area contributed by atoms with E-state index < -0.39 is 5.25 Å². The van der Waals surface area contributed by atoms with Gasteiger partial charge in [-0.15, -0.1) is 10.2 Å². The lowest BCUT2D eigenvalue weighted by Gasteiger charge is -2.30. The number of hydrogen-bond acceptors (Lipinski definition) is 8. The second-order valence-corrected chi connectivity index (χ2v) is 13.9. The maximum absolute atomic E-state index is 13.7. The summed E-state index contributed by atoms with van der Waals surface area (Å²) in [6, 6.07) is 25.0. The molecule has 4 aromatic rings. The molecule has 0 saturated carbocycles. The Labute approximate surface area is 281 Å². The minimum Gasteiger partial charge on any atom is -0.493 e. The van der Waals surface area contributed by atoms with E-state index in [0.29, 0.717) is 23.9 Å². The van der Waals surface area contributed by atoms with Crippen LogP contribution in [0.4, 0.5) is 5.69 Å². The molecule has 0 spiro atoms. The van der Waals surface area contributed by atoms with E-state index in [-0.39, 0.29) is 34.9 Å². The Morgan fingerprint density at radius 2 is 1.57 bits per heavy atom. The Hall–Kier alpha value is -4.51. The fourth-order valence-electron chi connectivity index (χ4n) is 5.10. The van der Waals surface area contributed by atoms with Crippen molar-refractivity contribution in [2.75, 3.05) is 11.6 Å². The molecule has 3 aromatic carbocycles. The van der Waals surface area contributed by atoms with E-state index in [1.165, 1.54) is 16.1 Å². The smallest absolute Gasteiger partial charge is 0.268 e. The second kappa shape index (κ2) is 14.5. The van der Waals surface area contributed by atoms with Gasteiger partial charge >= 0.3 is 0 Å². The third-order valence-corrected chi connectivity index (χ3v) is 10.0. The largest absolute Gasteiger partial charge is 0.493 e. The van der Waals surface area contributed by atoms with Gasteiger partial charge in [0.25, 0.3) is 5.91 Å². The number of para-hydroxylation sites is 2. The number of nitrogens with zero attached hydrogens (tertiary/aromatic N) is 6. The van der Waals surface area contributed by atoms with Crippen LogP contribution in [0, 0.1) is 0 Å². The first-order valence-corrected chi connectivity index (χ1v) is 17.0. The van der Waals surface area contributed by atoms with Gasteiger partial charge < -0.3 is 10.1 Å². The molecule has 246 valence electrons. The second-order valence-electron chi connectivity index (χ2n) is 12.9. The summed E-state index contributed by atoms with van der Waals surface area (Å²) in [5.74, 6) is 0.531. The fourth-order valence-corrected chi connectivity index (χ4v) is 6.05. The average Bonchev–Trinajstić information content (AvgIpc) is 3.68. The lowest BCUT2D eigenvalue weighted by atomic mass is 9.76. The van der Waals surface area contributed by atoms with Gasteiger partial charge in [0.2, 0.25) is 11.1 Å². The number of carbonyl (C=O) groups is 2. The number of nitrogens with one attached hydrogen (secondary N) is 1. The van der Waals surface area contributed by atoms with Gasteiger partial charge in [0, 0.05) is 12.0 Å². The highest BCUT2D eigenvalue weighted by Gasteiger charge is 2.40. The van der Waals surface area contributed by atoms with Crippen molar-refractivity contribution in [3.05, 3.63) is 90.0 Å². The van der Waals surface area contributed by atoms with Crippen molar-refractivity contribution < 1.29 is 14.3 Å². The lowest BCUT2D eigenvalue weighted by Crippen LogP contribution is -2.39. The topological polar surface area (TPSA) is 115 Å². The van der Waals surface area contributed by atoms with Crippen molar-refractivity contribution in [2.45, 2.75) is 88.5 Å². The zero-order valence-electron chi connectivity index (χ0n) is 27.9. The maximum Gasteiger partial charge on any atom is 0.268 e. The van der Waals surface area contributed by atoms with Gasteiger partial charge in [0.05, 0.1) is 18.0 Å². The number of rotatable bonds is 13. The van der Waals surface area contributed by atoms with Crippen molar-refractivity contribution >= 4 is 35.1 Å². The number of benzene rings is 3. The zero-order valence-corrected chi connectivity index (χ0v) is 28.8. The van der Waals surface area contributed by atoms with Crippen LogP contribution in [-0.4, -0.2) is 49.7 Å². The Balaban J connectivity index is 1.27. The summed E-state index contributed by atoms with van der Waals surface area (Å²) in [6.45, 7) is 13.8. The number of hydrazone groups is 1. The van der Waals surface area contributed by atoms with Crippen LogP contribution in [-0.2, 0) is 20.4 Å². The summed E-state index contributed by atoms with van der Waals surface area (Å²) < 4.78 is 7.84. The van der Waals surface area contributed by atoms with Gasteiger partial charge in [-0.25, -0.2) is 0 Å². The molecule has 0 aliphatic carbocycles. The Morgan fingerprint density at radius 1 is 0.915 bits per heavy atom. The Bertz CT molecular complexity index is 1720. The molecule has 1 unspecified atom stereocenters. The van der Waals surface area contributed by atoms with E-state index in [1.54, 1.807) is 16.8 Å². The van der Waals surface area contributed by atoms with Crippen molar-refractivity contribution in [2.24, 2.45) is 5.10 Å². The molecule has 0 radical (unpaired) electrons. The van der Waals surface area contributed by atoms with Crippen LogP contribution in [0.3, 0.4) is 0 Å². The van der Waals surface area contributed by atoms with Gasteiger partial charge in [-0.1, -0.05) is 102 Å². The van der Waals surface area contributed by atoms with Crippen LogP contribution in [0.1, 0.15) is 78.4 Å². The molecule has 5 rings (SSSR count). The highest BCUT2D eigenvalue weighted by Crippen LogP contribution is 2.38. The molecule has 11 heteroatoms. The summed E-state index contributed by atoms with van der Waals surface area (Å²) in [5, 5.41) is 20.4. The lowest BCUT2D eigenvalue weighted by molar-refractivity contribution is -0.119. The molecule has 10 nitrogen and oxygen atoms in total. The van der Waals surface area contributed by atoms with E-state index >= 15 is 0 Å². The minimum atomic E-state index is -0.853. The predicted octanol–water partition coefficient (Wildman–Crippen LogP) is 6.83. The summed E-state index contributed by atoms with van der Waals surface area (Å²) in [7, 11) is 0. The summed E-state index contributed by atoms with van der Waals surface area (Å²) >= 11 is 1.14. The molecule has 0 bridgehead atoms. The first kappa shape index (κ1) is 33.8. The van der Waals surface area contributed by atoms with Gasteiger partial charge in [-0.2, -0.15) is 9.69 Å². The molecule has 2 amide bonds. The number of ether oxygens (including phenoxy) is 1. The van der Waals surface area contributed by atoms with E-state index in [9.17, 15) is 9.59 Å². The van der Waals surface area contributed by atoms with Crippen molar-refractivity contribution in [1.82, 2.24) is 25.5 Å². The van der Waals surface area contributed by atoms with Crippen LogP contribution in [0.25, 0.3) is 5.69 Å². The molecule has 1 atom stereocenters. The SMILES string of the molecule is CCC(C)(C)c1ccc(OCCCC(=O)NC2=NN(c3ccccc3)C(=O)C2Sc2nnnn2-c2ccccc2)c(C(C)(C)CC)c1. The van der Waals surface area contributed by atoms with Crippen LogP contribution in [0.15, 0.2) is 89.1 Å². The zero-order chi connectivity index (χ0) is 33.6. The highest BCUT2D eigenvalue weighted by molar-refractivity contribution is 8.01. The molecule has 1 aliphatic rings. The number of amidine groups is 1.